The van der Waals surface area contributed by atoms with Crippen molar-refractivity contribution in [1.29, 1.82) is 5.26 Å². The molecule has 2 atom stereocenters. The second kappa shape index (κ2) is 8.84. The van der Waals surface area contributed by atoms with Gasteiger partial charge < -0.3 is 0 Å². The first kappa shape index (κ1) is 20.5. The summed E-state index contributed by atoms with van der Waals surface area (Å²) in [7, 11) is 0. The monoisotopic (exact) mass is 405 g/mol. The number of carbonyl (C=O) groups excluding carboxylic acids is 1. The SMILES string of the molecule is CC(=O)C1C(C)=NC(SCc2cccc([N+](=O)[O-])c2)=C(C#N)[C@H]1c1ccccc1. The summed E-state index contributed by atoms with van der Waals surface area (Å²) in [6, 6.07) is 18.2. The maximum Gasteiger partial charge on any atom is 0.269 e. The third-order valence-corrected chi connectivity index (χ3v) is 5.88. The van der Waals surface area contributed by atoms with Crippen molar-refractivity contribution in [1.82, 2.24) is 0 Å². The maximum atomic E-state index is 12.4. The minimum atomic E-state index is -0.478. The van der Waals surface area contributed by atoms with Gasteiger partial charge in [-0.3, -0.25) is 14.9 Å². The van der Waals surface area contributed by atoms with Crippen molar-refractivity contribution in [2.75, 3.05) is 0 Å². The third kappa shape index (κ3) is 4.44. The van der Waals surface area contributed by atoms with Crippen LogP contribution in [0.1, 0.15) is 30.9 Å². The van der Waals surface area contributed by atoms with Crippen molar-refractivity contribution in [3.63, 3.8) is 0 Å². The van der Waals surface area contributed by atoms with E-state index in [-0.39, 0.29) is 17.4 Å². The van der Waals surface area contributed by atoms with E-state index in [4.69, 9.17) is 0 Å². The lowest BCUT2D eigenvalue weighted by Gasteiger charge is -2.30. The number of carbonyl (C=O) groups is 1. The second-order valence-corrected chi connectivity index (χ2v) is 7.74. The number of nitrogens with zero attached hydrogens (tertiary/aromatic N) is 3. The van der Waals surface area contributed by atoms with Crippen molar-refractivity contribution in [3.8, 4) is 6.07 Å². The fourth-order valence-corrected chi connectivity index (χ4v) is 4.54. The predicted molar refractivity (Wildman–Crippen MR) is 113 cm³/mol. The standard InChI is InChI=1S/C22H19N3O3S/c1-14-20(15(2)26)21(17-8-4-3-5-9-17)19(12-23)22(24-14)29-13-16-7-6-10-18(11-16)25(27)28/h3-11,20-21H,13H2,1-2H3/t20?,21-/m1/s1. The van der Waals surface area contributed by atoms with Gasteiger partial charge in [0.15, 0.2) is 0 Å². The molecule has 3 rings (SSSR count). The highest BCUT2D eigenvalue weighted by molar-refractivity contribution is 8.02. The summed E-state index contributed by atoms with van der Waals surface area (Å²) in [6.07, 6.45) is 0. The van der Waals surface area contributed by atoms with Crippen LogP contribution in [-0.4, -0.2) is 16.4 Å². The van der Waals surface area contributed by atoms with Gasteiger partial charge in [-0.1, -0.05) is 42.5 Å². The second-order valence-electron chi connectivity index (χ2n) is 6.78. The maximum absolute atomic E-state index is 12.4. The Morgan fingerprint density at radius 3 is 2.59 bits per heavy atom. The summed E-state index contributed by atoms with van der Waals surface area (Å²) in [5.74, 6) is -0.459. The highest BCUT2D eigenvalue weighted by Crippen LogP contribution is 2.42. The highest BCUT2D eigenvalue weighted by Gasteiger charge is 2.37. The molecule has 7 heteroatoms. The number of hydrogen-bond acceptors (Lipinski definition) is 6. The molecule has 0 aromatic heterocycles. The lowest BCUT2D eigenvalue weighted by Crippen LogP contribution is -2.31. The van der Waals surface area contributed by atoms with Crippen molar-refractivity contribution < 1.29 is 9.72 Å². The minimum absolute atomic E-state index is 0.0275. The lowest BCUT2D eigenvalue weighted by atomic mass is 9.75. The molecular formula is C22H19N3O3S. The van der Waals surface area contributed by atoms with E-state index >= 15 is 0 Å². The van der Waals surface area contributed by atoms with Crippen LogP contribution < -0.4 is 0 Å². The average Bonchev–Trinajstić information content (AvgIpc) is 2.72. The number of benzene rings is 2. The van der Waals surface area contributed by atoms with Gasteiger partial charge in [-0.2, -0.15) is 5.26 Å². The quantitative estimate of drug-likeness (QED) is 0.496. The van der Waals surface area contributed by atoms with E-state index in [9.17, 15) is 20.2 Å². The summed E-state index contributed by atoms with van der Waals surface area (Å²) in [4.78, 5) is 27.5. The molecule has 29 heavy (non-hydrogen) atoms. The van der Waals surface area contributed by atoms with Gasteiger partial charge in [-0.05, 0) is 25.0 Å². The summed E-state index contributed by atoms with van der Waals surface area (Å²) in [5.41, 5.74) is 2.82. The summed E-state index contributed by atoms with van der Waals surface area (Å²) in [6.45, 7) is 3.33. The third-order valence-electron chi connectivity index (χ3n) is 4.82. The molecule has 0 saturated heterocycles. The molecule has 2 aromatic rings. The van der Waals surface area contributed by atoms with Gasteiger partial charge in [0.1, 0.15) is 10.8 Å². The normalized spacial score (nSPS) is 18.7. The Bertz CT molecular complexity index is 1050. The Balaban J connectivity index is 1.98. The lowest BCUT2D eigenvalue weighted by molar-refractivity contribution is -0.384. The zero-order chi connectivity index (χ0) is 21.0. The molecular weight excluding hydrogens is 386 g/mol. The number of ketones is 1. The van der Waals surface area contributed by atoms with Crippen molar-refractivity contribution in [2.24, 2.45) is 10.9 Å². The van der Waals surface area contributed by atoms with Crippen LogP contribution in [0.2, 0.25) is 0 Å². The van der Waals surface area contributed by atoms with Crippen LogP contribution in [-0.2, 0) is 10.5 Å². The zero-order valence-corrected chi connectivity index (χ0v) is 16.8. The number of thioether (sulfide) groups is 1. The Labute approximate surface area is 173 Å². The van der Waals surface area contributed by atoms with Crippen LogP contribution >= 0.6 is 11.8 Å². The molecule has 0 N–H and O–H groups in total. The first-order chi connectivity index (χ1) is 13.9. The highest BCUT2D eigenvalue weighted by atomic mass is 32.2. The first-order valence-electron chi connectivity index (χ1n) is 9.03. The van der Waals surface area contributed by atoms with Crippen LogP contribution in [0.25, 0.3) is 0 Å². The molecule has 0 radical (unpaired) electrons. The number of nitro groups is 1. The summed E-state index contributed by atoms with van der Waals surface area (Å²) in [5, 5.41) is 21.5. The van der Waals surface area contributed by atoms with E-state index in [0.29, 0.717) is 22.1 Å². The molecule has 1 aliphatic rings. The fourth-order valence-electron chi connectivity index (χ4n) is 3.52. The number of allylic oxidation sites excluding steroid dienone is 1. The Kier molecular flexibility index (Phi) is 6.25. The van der Waals surface area contributed by atoms with Gasteiger partial charge in [0.25, 0.3) is 5.69 Å². The molecule has 6 nitrogen and oxygen atoms in total. The number of aliphatic imine (C=N–C) groups is 1. The molecule has 1 unspecified atom stereocenters. The molecule has 0 spiro atoms. The Hall–Kier alpha value is -3.24. The van der Waals surface area contributed by atoms with Gasteiger partial charge in [-0.15, -0.1) is 11.8 Å². The van der Waals surface area contributed by atoms with E-state index in [1.54, 1.807) is 12.1 Å². The predicted octanol–water partition coefficient (Wildman–Crippen LogP) is 5.03. The number of hydrogen-bond donors (Lipinski definition) is 0. The van der Waals surface area contributed by atoms with E-state index in [2.05, 4.69) is 11.1 Å². The van der Waals surface area contributed by atoms with Crippen molar-refractivity contribution >= 4 is 28.9 Å². The van der Waals surface area contributed by atoms with E-state index in [1.807, 2.05) is 37.3 Å². The molecule has 146 valence electrons. The topological polar surface area (TPSA) is 96.4 Å². The number of Topliss-reactive ketones (excluding diaryl/α,β-unsaturated/α-hetero) is 1. The first-order valence-corrected chi connectivity index (χ1v) is 10.0. The molecule has 0 bridgehead atoms. The largest absolute Gasteiger partial charge is 0.299 e. The molecule has 1 aliphatic heterocycles. The summed E-state index contributed by atoms with van der Waals surface area (Å²) >= 11 is 1.36. The van der Waals surface area contributed by atoms with Gasteiger partial charge >= 0.3 is 0 Å². The zero-order valence-electron chi connectivity index (χ0n) is 16.0. The van der Waals surface area contributed by atoms with Crippen LogP contribution in [0.5, 0.6) is 0 Å². The van der Waals surface area contributed by atoms with Crippen molar-refractivity contribution in [2.45, 2.75) is 25.5 Å². The van der Waals surface area contributed by atoms with E-state index in [1.165, 1.54) is 30.8 Å². The van der Waals surface area contributed by atoms with Gasteiger partial charge in [0, 0.05) is 29.5 Å². The number of non-ortho nitro benzene ring substituents is 1. The van der Waals surface area contributed by atoms with Gasteiger partial charge in [0.05, 0.1) is 22.5 Å². The molecule has 1 heterocycles. The van der Waals surface area contributed by atoms with Crippen LogP contribution in [0.3, 0.4) is 0 Å². The van der Waals surface area contributed by atoms with E-state index < -0.39 is 10.8 Å². The van der Waals surface area contributed by atoms with Gasteiger partial charge in [0.2, 0.25) is 0 Å². The van der Waals surface area contributed by atoms with Crippen molar-refractivity contribution in [3.05, 3.63) is 86.4 Å². The van der Waals surface area contributed by atoms with Gasteiger partial charge in [-0.25, -0.2) is 4.99 Å². The number of nitriles is 1. The number of rotatable bonds is 6. The summed E-state index contributed by atoms with van der Waals surface area (Å²) < 4.78 is 0. The number of nitro benzene ring substituents is 1. The van der Waals surface area contributed by atoms with Crippen LogP contribution in [0, 0.1) is 27.4 Å². The molecule has 0 aliphatic carbocycles. The minimum Gasteiger partial charge on any atom is -0.299 e. The average molecular weight is 405 g/mol. The Morgan fingerprint density at radius 2 is 1.97 bits per heavy atom. The fraction of sp³-hybridized carbons (Fsp3) is 0.227. The molecule has 0 saturated carbocycles. The molecule has 0 amide bonds. The molecule has 0 fully saturated rings. The smallest absolute Gasteiger partial charge is 0.269 e. The van der Waals surface area contributed by atoms with E-state index in [0.717, 1.165) is 11.1 Å². The van der Waals surface area contributed by atoms with Crippen LogP contribution in [0.4, 0.5) is 5.69 Å². The Morgan fingerprint density at radius 1 is 1.24 bits per heavy atom. The van der Waals surface area contributed by atoms with Crippen LogP contribution in [0.15, 0.2) is 70.2 Å². The molecule has 2 aromatic carbocycles.